The average Bonchev–Trinajstić information content (AvgIpc) is 3.69. The molecule has 3 aliphatic heterocycles. The molecule has 2 saturated heterocycles. The van der Waals surface area contributed by atoms with Gasteiger partial charge in [-0.25, -0.2) is 14.8 Å². The van der Waals surface area contributed by atoms with Crippen molar-refractivity contribution in [1.82, 2.24) is 29.6 Å². The van der Waals surface area contributed by atoms with Gasteiger partial charge in [-0.1, -0.05) is 28.9 Å². The highest BCUT2D eigenvalue weighted by Crippen LogP contribution is 2.49. The standard InChI is InChI=1S/C32H31ClN6O5/c1-32(21-5-7-22(33)8-6-21)42-26-4-2-3-24(28(26)43-32)19-9-12-38(13-10-19)18-27-35-25-15-20(29-36-31(40)44-37-29)16-34-30(25)39(27)17-23-11-14-41-23/h2-8,15-16,19,23H,9-14,17-18H2,1H3,(H,36,37,40)/t23-,32?/m0/s1. The topological polar surface area (TPSA) is 121 Å². The molecule has 2 fully saturated rings. The number of piperidine rings is 1. The Labute approximate surface area is 257 Å². The maximum absolute atomic E-state index is 11.5. The normalized spacial score (nSPS) is 22.0. The number of aromatic amines is 1. The van der Waals surface area contributed by atoms with Gasteiger partial charge in [0.05, 0.1) is 19.2 Å². The van der Waals surface area contributed by atoms with Gasteiger partial charge in [0.25, 0.3) is 5.79 Å². The summed E-state index contributed by atoms with van der Waals surface area (Å²) in [6.07, 6.45) is 4.85. The summed E-state index contributed by atoms with van der Waals surface area (Å²) in [6, 6.07) is 15.7. The zero-order chi connectivity index (χ0) is 29.8. The first-order chi connectivity index (χ1) is 21.4. The third-order valence-corrected chi connectivity index (χ3v) is 9.18. The summed E-state index contributed by atoms with van der Waals surface area (Å²) in [5.74, 6) is 1.74. The summed E-state index contributed by atoms with van der Waals surface area (Å²) >= 11 is 6.12. The van der Waals surface area contributed by atoms with Crippen molar-refractivity contribution < 1.29 is 18.7 Å². The molecule has 12 heteroatoms. The van der Waals surface area contributed by atoms with Gasteiger partial charge in [-0.15, -0.1) is 0 Å². The number of pyridine rings is 1. The quantitative estimate of drug-likeness (QED) is 0.262. The fourth-order valence-electron chi connectivity index (χ4n) is 6.43. The number of rotatable bonds is 7. The number of likely N-dealkylation sites (tertiary alicyclic amines) is 1. The van der Waals surface area contributed by atoms with Gasteiger partial charge < -0.3 is 18.8 Å². The molecule has 6 heterocycles. The Kier molecular flexibility index (Phi) is 6.69. The van der Waals surface area contributed by atoms with E-state index in [1.54, 1.807) is 6.20 Å². The largest absolute Gasteiger partial charge is 0.445 e. The van der Waals surface area contributed by atoms with Crippen molar-refractivity contribution >= 4 is 22.8 Å². The minimum Gasteiger partial charge on any atom is -0.445 e. The molecular weight excluding hydrogens is 584 g/mol. The Morgan fingerprint density at radius 2 is 1.91 bits per heavy atom. The molecular formula is C32H31ClN6O5. The van der Waals surface area contributed by atoms with E-state index in [9.17, 15) is 4.79 Å². The van der Waals surface area contributed by atoms with Crippen LogP contribution >= 0.6 is 11.6 Å². The number of ether oxygens (including phenoxy) is 3. The number of nitrogens with zero attached hydrogens (tertiary/aromatic N) is 5. The van der Waals surface area contributed by atoms with E-state index in [0.717, 1.165) is 73.0 Å². The van der Waals surface area contributed by atoms with E-state index in [1.807, 2.05) is 43.3 Å². The number of hydrogen-bond donors (Lipinski definition) is 1. The van der Waals surface area contributed by atoms with Crippen molar-refractivity contribution in [3.63, 3.8) is 0 Å². The van der Waals surface area contributed by atoms with Crippen LogP contribution in [0.2, 0.25) is 5.02 Å². The molecule has 1 unspecified atom stereocenters. The van der Waals surface area contributed by atoms with Crippen molar-refractivity contribution in [3.8, 4) is 22.9 Å². The van der Waals surface area contributed by atoms with Crippen LogP contribution in [0.4, 0.5) is 0 Å². The lowest BCUT2D eigenvalue weighted by Crippen LogP contribution is -2.35. The van der Waals surface area contributed by atoms with Crippen molar-refractivity contribution in [3.05, 3.63) is 87.3 Å². The summed E-state index contributed by atoms with van der Waals surface area (Å²) in [4.78, 5) is 26.2. The Morgan fingerprint density at radius 3 is 2.64 bits per heavy atom. The van der Waals surface area contributed by atoms with Gasteiger partial charge in [0.1, 0.15) is 11.3 Å². The average molecular weight is 615 g/mol. The van der Waals surface area contributed by atoms with Crippen LogP contribution < -0.4 is 15.2 Å². The van der Waals surface area contributed by atoms with E-state index >= 15 is 0 Å². The summed E-state index contributed by atoms with van der Waals surface area (Å²) in [7, 11) is 0. The monoisotopic (exact) mass is 614 g/mol. The summed E-state index contributed by atoms with van der Waals surface area (Å²) in [5, 5.41) is 4.48. The van der Waals surface area contributed by atoms with Crippen LogP contribution in [0.25, 0.3) is 22.6 Å². The second kappa shape index (κ2) is 10.8. The van der Waals surface area contributed by atoms with Gasteiger partial charge in [-0.2, -0.15) is 0 Å². The SMILES string of the molecule is CC1(c2ccc(Cl)cc2)Oc2cccc(C3CCN(Cc4nc5cc(-c6noc(=O)[nH]6)cnc5n4C[C@@H]4CCO4)CC3)c2O1. The van der Waals surface area contributed by atoms with Crippen LogP contribution in [0, 0.1) is 0 Å². The number of nitrogens with one attached hydrogen (secondary N) is 1. The number of aromatic nitrogens is 5. The number of benzene rings is 2. The van der Waals surface area contributed by atoms with Crippen molar-refractivity contribution in [2.75, 3.05) is 19.7 Å². The number of para-hydroxylation sites is 1. The van der Waals surface area contributed by atoms with Crippen molar-refractivity contribution in [1.29, 1.82) is 0 Å². The highest BCUT2D eigenvalue weighted by atomic mass is 35.5. The Balaban J connectivity index is 0.999. The van der Waals surface area contributed by atoms with E-state index < -0.39 is 11.5 Å². The first kappa shape index (κ1) is 27.4. The van der Waals surface area contributed by atoms with Gasteiger partial charge in [0.15, 0.2) is 23.0 Å². The molecule has 0 spiro atoms. The number of halogens is 1. The zero-order valence-corrected chi connectivity index (χ0v) is 24.9. The third kappa shape index (κ3) is 4.94. The molecule has 8 rings (SSSR count). The number of H-pyrrole nitrogens is 1. The van der Waals surface area contributed by atoms with E-state index in [2.05, 4.69) is 36.3 Å². The zero-order valence-electron chi connectivity index (χ0n) is 24.2. The van der Waals surface area contributed by atoms with Crippen molar-refractivity contribution in [2.45, 2.75) is 57.1 Å². The molecule has 1 N–H and O–H groups in total. The van der Waals surface area contributed by atoms with Gasteiger partial charge in [0, 0.05) is 41.4 Å². The summed E-state index contributed by atoms with van der Waals surface area (Å²) in [5.41, 5.74) is 4.30. The molecule has 0 radical (unpaired) electrons. The maximum Gasteiger partial charge on any atom is 0.439 e. The summed E-state index contributed by atoms with van der Waals surface area (Å²) < 4.78 is 25.5. The molecule has 0 bridgehead atoms. The van der Waals surface area contributed by atoms with Gasteiger partial charge in [0.2, 0.25) is 0 Å². The van der Waals surface area contributed by atoms with Crippen LogP contribution in [-0.2, 0) is 23.6 Å². The van der Waals surface area contributed by atoms with E-state index in [1.165, 1.54) is 5.56 Å². The van der Waals surface area contributed by atoms with E-state index in [0.29, 0.717) is 35.4 Å². The fraction of sp³-hybridized carbons (Fsp3) is 0.375. The summed E-state index contributed by atoms with van der Waals surface area (Å²) in [6.45, 7) is 5.99. The first-order valence-electron chi connectivity index (χ1n) is 14.9. The fourth-order valence-corrected chi connectivity index (χ4v) is 6.55. The molecule has 226 valence electrons. The maximum atomic E-state index is 11.5. The van der Waals surface area contributed by atoms with Crippen LogP contribution in [0.5, 0.6) is 11.5 Å². The van der Waals surface area contributed by atoms with Crippen LogP contribution in [-0.4, -0.2) is 55.4 Å². The lowest BCUT2D eigenvalue weighted by atomic mass is 9.88. The Morgan fingerprint density at radius 1 is 1.09 bits per heavy atom. The van der Waals surface area contributed by atoms with Gasteiger partial charge in [-0.05, 0) is 74.7 Å². The van der Waals surface area contributed by atoms with Crippen molar-refractivity contribution in [2.24, 2.45) is 0 Å². The first-order valence-corrected chi connectivity index (χ1v) is 15.3. The predicted octanol–water partition coefficient (Wildman–Crippen LogP) is 5.24. The Bertz CT molecular complexity index is 1890. The van der Waals surface area contributed by atoms with Crippen LogP contribution in [0.1, 0.15) is 49.1 Å². The minimum absolute atomic E-state index is 0.159. The van der Waals surface area contributed by atoms with Gasteiger partial charge >= 0.3 is 5.76 Å². The molecule has 0 amide bonds. The number of hydrogen-bond acceptors (Lipinski definition) is 9. The highest BCUT2D eigenvalue weighted by Gasteiger charge is 2.41. The molecule has 2 atom stereocenters. The number of imidazole rings is 1. The third-order valence-electron chi connectivity index (χ3n) is 8.93. The minimum atomic E-state index is -0.899. The number of fused-ring (bicyclic) bond motifs is 2. The molecule has 5 aromatic rings. The van der Waals surface area contributed by atoms with Crippen LogP contribution in [0.3, 0.4) is 0 Å². The lowest BCUT2D eigenvalue weighted by Gasteiger charge is -2.33. The second-order valence-electron chi connectivity index (χ2n) is 11.8. The molecule has 3 aromatic heterocycles. The molecule has 44 heavy (non-hydrogen) atoms. The van der Waals surface area contributed by atoms with Gasteiger partial charge in [-0.3, -0.25) is 14.4 Å². The van der Waals surface area contributed by atoms with Crippen LogP contribution in [0.15, 0.2) is 64.0 Å². The van der Waals surface area contributed by atoms with E-state index in [-0.39, 0.29) is 6.10 Å². The molecule has 3 aliphatic rings. The molecule has 0 saturated carbocycles. The van der Waals surface area contributed by atoms with E-state index in [4.69, 9.17) is 35.8 Å². The smallest absolute Gasteiger partial charge is 0.439 e. The lowest BCUT2D eigenvalue weighted by molar-refractivity contribution is -0.0685. The predicted molar refractivity (Wildman–Crippen MR) is 162 cm³/mol. The Hall–Kier alpha value is -4.19. The second-order valence-corrected chi connectivity index (χ2v) is 12.2. The highest BCUT2D eigenvalue weighted by molar-refractivity contribution is 6.30. The molecule has 0 aliphatic carbocycles. The molecule has 2 aromatic carbocycles. The molecule has 11 nitrogen and oxygen atoms in total.